The molecule has 1 aliphatic carbocycles. The van der Waals surface area contributed by atoms with Gasteiger partial charge >= 0.3 is 0 Å². The van der Waals surface area contributed by atoms with Gasteiger partial charge < -0.3 is 14.7 Å². The molecule has 3 aliphatic rings. The number of nitrogens with zero attached hydrogens (tertiary/aromatic N) is 3. The lowest BCUT2D eigenvalue weighted by molar-refractivity contribution is 0.589. The van der Waals surface area contributed by atoms with Gasteiger partial charge in [0, 0.05) is 56.6 Å². The smallest absolute Gasteiger partial charge is 0.252 e. The van der Waals surface area contributed by atoms with Crippen LogP contribution < -0.4 is 31.1 Å². The second kappa shape index (κ2) is 15.1. The van der Waals surface area contributed by atoms with Crippen molar-refractivity contribution < 1.29 is 0 Å². The van der Waals surface area contributed by atoms with Gasteiger partial charge in [0.2, 0.25) is 0 Å². The zero-order valence-corrected chi connectivity index (χ0v) is 41.2. The highest BCUT2D eigenvalue weighted by atomic mass is 15.2. The molecule has 0 amide bonds. The quantitative estimate of drug-likeness (QED) is 0.160. The molecule has 0 saturated heterocycles. The summed E-state index contributed by atoms with van der Waals surface area (Å²) in [6.45, 7) is 25.7. The zero-order valence-electron chi connectivity index (χ0n) is 41.2. The van der Waals surface area contributed by atoms with Crippen molar-refractivity contribution in [2.75, 3.05) is 14.7 Å². The lowest BCUT2D eigenvalue weighted by Gasteiger charge is -2.45. The van der Waals surface area contributed by atoms with Gasteiger partial charge in [0.15, 0.2) is 0 Å². The van der Waals surface area contributed by atoms with Gasteiger partial charge in [-0.05, 0) is 150 Å². The van der Waals surface area contributed by atoms with Crippen LogP contribution in [0.15, 0.2) is 176 Å². The first-order valence-corrected chi connectivity index (χ1v) is 24.2. The maximum Gasteiger partial charge on any atom is 0.252 e. The molecule has 4 heteroatoms. The molecule has 8 aromatic rings. The fraction of sp³-hybridized carbons (Fsp3) is 0.238. The van der Waals surface area contributed by atoms with E-state index in [-0.39, 0.29) is 28.4 Å². The normalized spacial score (nSPS) is 14.5. The van der Waals surface area contributed by atoms with E-state index in [0.717, 1.165) is 22.7 Å². The third-order valence-corrected chi connectivity index (χ3v) is 14.9. The van der Waals surface area contributed by atoms with Crippen LogP contribution in [-0.4, -0.2) is 6.71 Å². The number of rotatable bonds is 5. The molecule has 2 aliphatic heterocycles. The Labute approximate surface area is 399 Å². The van der Waals surface area contributed by atoms with Crippen molar-refractivity contribution >= 4 is 74.3 Å². The van der Waals surface area contributed by atoms with E-state index in [4.69, 9.17) is 0 Å². The predicted molar refractivity (Wildman–Crippen MR) is 289 cm³/mol. The Morgan fingerprint density at radius 1 is 0.388 bits per heavy atom. The van der Waals surface area contributed by atoms with Gasteiger partial charge in [0.05, 0.1) is 0 Å². The zero-order chi connectivity index (χ0) is 46.8. The third kappa shape index (κ3) is 6.94. The summed E-state index contributed by atoms with van der Waals surface area (Å²) in [4.78, 5) is 7.59. The minimum Gasteiger partial charge on any atom is -0.311 e. The molecule has 0 N–H and O–H groups in total. The van der Waals surface area contributed by atoms with Crippen LogP contribution in [0.5, 0.6) is 0 Å². The van der Waals surface area contributed by atoms with Crippen LogP contribution in [0.3, 0.4) is 0 Å². The maximum absolute atomic E-state index is 2.62. The van der Waals surface area contributed by atoms with Gasteiger partial charge in [-0.15, -0.1) is 0 Å². The summed E-state index contributed by atoms with van der Waals surface area (Å²) in [5, 5.41) is 0. The maximum atomic E-state index is 2.62. The molecule has 0 radical (unpaired) electrons. The largest absolute Gasteiger partial charge is 0.311 e. The summed E-state index contributed by atoms with van der Waals surface area (Å²) in [6, 6.07) is 66.9. The molecule has 0 spiro atoms. The van der Waals surface area contributed by atoms with Gasteiger partial charge in [-0.2, -0.15) is 0 Å². The van der Waals surface area contributed by atoms with E-state index in [0.29, 0.717) is 0 Å². The Bertz CT molecular complexity index is 3180. The van der Waals surface area contributed by atoms with Gasteiger partial charge in [0.1, 0.15) is 0 Å². The highest BCUT2D eigenvalue weighted by molar-refractivity contribution is 7.00. The minimum absolute atomic E-state index is 0.0160. The molecule has 0 saturated carbocycles. The lowest BCUT2D eigenvalue weighted by Crippen LogP contribution is -2.61. The first-order chi connectivity index (χ1) is 31.9. The van der Waals surface area contributed by atoms with Crippen molar-refractivity contribution in [1.82, 2.24) is 0 Å². The summed E-state index contributed by atoms with van der Waals surface area (Å²) < 4.78 is 0. The molecular formula is C63H62BN3. The average molecular weight is 872 g/mol. The number of benzene rings is 8. The van der Waals surface area contributed by atoms with Crippen molar-refractivity contribution in [3.8, 4) is 11.1 Å². The third-order valence-electron chi connectivity index (χ3n) is 14.9. The van der Waals surface area contributed by atoms with Gasteiger partial charge in [-0.3, -0.25) is 0 Å². The molecule has 332 valence electrons. The van der Waals surface area contributed by atoms with E-state index >= 15 is 0 Å². The molecule has 67 heavy (non-hydrogen) atoms. The summed E-state index contributed by atoms with van der Waals surface area (Å²) in [6.07, 6.45) is 0. The van der Waals surface area contributed by atoms with Crippen LogP contribution >= 0.6 is 0 Å². The molecule has 2 heterocycles. The first kappa shape index (κ1) is 42.8. The Hall–Kier alpha value is -6.78. The summed E-state index contributed by atoms with van der Waals surface area (Å²) in [5.41, 5.74) is 23.7. The minimum atomic E-state index is -0.134. The highest BCUT2D eigenvalue weighted by Gasteiger charge is 2.45. The van der Waals surface area contributed by atoms with E-state index in [9.17, 15) is 0 Å². The van der Waals surface area contributed by atoms with Gasteiger partial charge in [-0.25, -0.2) is 0 Å². The predicted octanol–water partition coefficient (Wildman–Crippen LogP) is 15.4. The van der Waals surface area contributed by atoms with Crippen molar-refractivity contribution in [1.29, 1.82) is 0 Å². The van der Waals surface area contributed by atoms with Gasteiger partial charge in [-0.1, -0.05) is 173 Å². The number of para-hydroxylation sites is 2. The Balaban J connectivity index is 1.24. The molecule has 0 aromatic heterocycles. The number of hydrogen-bond donors (Lipinski definition) is 0. The van der Waals surface area contributed by atoms with Crippen LogP contribution in [0.25, 0.3) is 11.1 Å². The Morgan fingerprint density at radius 2 is 0.925 bits per heavy atom. The Morgan fingerprint density at radius 3 is 1.54 bits per heavy atom. The molecule has 0 bridgehead atoms. The molecular weight excluding hydrogens is 810 g/mol. The van der Waals surface area contributed by atoms with Crippen LogP contribution in [0, 0.1) is 0 Å². The van der Waals surface area contributed by atoms with Crippen molar-refractivity contribution in [2.45, 2.75) is 97.8 Å². The molecule has 8 aromatic carbocycles. The van der Waals surface area contributed by atoms with Crippen LogP contribution in [-0.2, 0) is 21.7 Å². The number of hydrogen-bond acceptors (Lipinski definition) is 3. The fourth-order valence-electron chi connectivity index (χ4n) is 11.1. The second-order valence-electron chi connectivity index (χ2n) is 22.8. The van der Waals surface area contributed by atoms with E-state index in [1.54, 1.807) is 0 Å². The summed E-state index contributed by atoms with van der Waals surface area (Å²) in [5.74, 6) is 0. The van der Waals surface area contributed by atoms with E-state index < -0.39 is 0 Å². The number of fused-ring (bicyclic) bond motifs is 7. The number of anilines is 9. The van der Waals surface area contributed by atoms with E-state index in [2.05, 4.69) is 267 Å². The monoisotopic (exact) mass is 872 g/mol. The SMILES string of the molecule is CC(C)(C)c1ccc(N2c3ccc(C(C)(C)C)cc3B3c4ccc(N(c5ccccc5)c5ccccc5)cc4N(c4ccc5c(c4)-c4ccccc4C5(C)C)c4cc(C(C)(C)C)cc2c43)cc1. The molecule has 0 unspecified atom stereocenters. The molecule has 0 fully saturated rings. The van der Waals surface area contributed by atoms with Crippen LogP contribution in [0.4, 0.5) is 51.2 Å². The molecule has 3 nitrogen and oxygen atoms in total. The van der Waals surface area contributed by atoms with Gasteiger partial charge in [0.25, 0.3) is 6.71 Å². The van der Waals surface area contributed by atoms with E-state index in [1.165, 1.54) is 83.8 Å². The summed E-state index contributed by atoms with van der Waals surface area (Å²) in [7, 11) is 0. The standard InChI is InChI=1S/C63H62BN3/c1-60(2,3)41-26-29-46(30-27-41)66-55-35-28-42(61(4,5)6)36-54(55)64-53-34-32-48(65(44-20-14-12-15-21-44)45-22-16-13-17-23-45)40-56(53)67(58-38-43(62(7,8)9)37-57(66)59(58)64)47-31-33-52-50(39-47)49-24-18-19-25-51(49)63(52,10)11/h12-40H,1-11H3. The fourth-order valence-corrected chi connectivity index (χ4v) is 11.1. The van der Waals surface area contributed by atoms with Crippen molar-refractivity contribution in [3.63, 3.8) is 0 Å². The summed E-state index contributed by atoms with van der Waals surface area (Å²) >= 11 is 0. The molecule has 11 rings (SSSR count). The Kier molecular flexibility index (Phi) is 9.67. The van der Waals surface area contributed by atoms with Crippen LogP contribution in [0.1, 0.15) is 104 Å². The lowest BCUT2D eigenvalue weighted by atomic mass is 9.33. The second-order valence-corrected chi connectivity index (χ2v) is 22.8. The average Bonchev–Trinajstić information content (AvgIpc) is 3.53. The van der Waals surface area contributed by atoms with Crippen molar-refractivity contribution in [3.05, 3.63) is 204 Å². The highest BCUT2D eigenvalue weighted by Crippen LogP contribution is 2.53. The topological polar surface area (TPSA) is 9.72 Å². The molecule has 0 atom stereocenters. The van der Waals surface area contributed by atoms with E-state index in [1.807, 2.05) is 0 Å². The van der Waals surface area contributed by atoms with Crippen molar-refractivity contribution in [2.24, 2.45) is 0 Å². The van der Waals surface area contributed by atoms with Crippen LogP contribution in [0.2, 0.25) is 0 Å². The first-order valence-electron chi connectivity index (χ1n) is 24.2.